The van der Waals surface area contributed by atoms with Crippen molar-refractivity contribution in [3.8, 4) is 0 Å². The smallest absolute Gasteiger partial charge is 0.302 e. The second kappa shape index (κ2) is 5.72. The molecule has 1 saturated heterocycles. The van der Waals surface area contributed by atoms with E-state index in [1.54, 1.807) is 0 Å². The van der Waals surface area contributed by atoms with Crippen LogP contribution >= 0.6 is 0 Å². The second-order valence-electron chi connectivity index (χ2n) is 10.7. The highest BCUT2D eigenvalue weighted by atomic mass is 16.6. The maximum atomic E-state index is 12.0. The molecule has 10 atom stereocenters. The van der Waals surface area contributed by atoms with Gasteiger partial charge >= 0.3 is 5.97 Å². The van der Waals surface area contributed by atoms with E-state index in [4.69, 9.17) is 15.2 Å². The number of aliphatic hydroxyl groups is 1. The lowest BCUT2D eigenvalue weighted by atomic mass is 9.44. The Balaban J connectivity index is 1.45. The van der Waals surface area contributed by atoms with E-state index >= 15 is 0 Å². The Labute approximate surface area is 166 Å². The number of carbonyl (C=O) groups is 2. The van der Waals surface area contributed by atoms with E-state index in [9.17, 15) is 14.7 Å². The summed E-state index contributed by atoms with van der Waals surface area (Å²) in [5, 5.41) is 10.6. The number of amides is 1. The summed E-state index contributed by atoms with van der Waals surface area (Å²) in [6, 6.07) is 0. The standard InChI is InChI=1S/C22H33NO5/c1-11(24)27-16-5-4-14-12-6-9-22-18(28-22)17(25)13(19(23)26)10-21(22,3)15(12)7-8-20(14,16)2/h12-18,25H,4-10H2,1-3H3,(H2,23,26)/t12-,13-,14-,15-,16-,17-,18+,20-,21+,22?/m0/s1. The summed E-state index contributed by atoms with van der Waals surface area (Å²) in [5.41, 5.74) is 5.30. The topological polar surface area (TPSA) is 102 Å². The monoisotopic (exact) mass is 391 g/mol. The molecular formula is C22H33NO5. The average molecular weight is 392 g/mol. The molecule has 0 bridgehead atoms. The van der Waals surface area contributed by atoms with Gasteiger partial charge < -0.3 is 20.3 Å². The summed E-state index contributed by atoms with van der Waals surface area (Å²) in [6.07, 6.45) is 5.83. The van der Waals surface area contributed by atoms with Crippen LogP contribution in [0.5, 0.6) is 0 Å². The maximum Gasteiger partial charge on any atom is 0.302 e. The van der Waals surface area contributed by atoms with Gasteiger partial charge in [-0.1, -0.05) is 13.8 Å². The third kappa shape index (κ3) is 2.16. The molecule has 156 valence electrons. The van der Waals surface area contributed by atoms with Gasteiger partial charge in [-0.25, -0.2) is 0 Å². The fourth-order valence-corrected chi connectivity index (χ4v) is 8.39. The van der Waals surface area contributed by atoms with Crippen LogP contribution in [0.15, 0.2) is 0 Å². The molecule has 0 aromatic carbocycles. The molecule has 5 rings (SSSR count). The Bertz CT molecular complexity index is 726. The SMILES string of the molecule is CC(=O)O[C@H]1CC[C@H]2[C@@H]3CCC45O[C@@H]4[C@@H](O)[C@@H](C(N)=O)C[C@]5(C)[C@H]3CC[C@]12C. The Morgan fingerprint density at radius 2 is 1.86 bits per heavy atom. The molecule has 28 heavy (non-hydrogen) atoms. The van der Waals surface area contributed by atoms with Gasteiger partial charge in [0.1, 0.15) is 17.8 Å². The highest BCUT2D eigenvalue weighted by Gasteiger charge is 2.78. The van der Waals surface area contributed by atoms with Crippen molar-refractivity contribution >= 4 is 11.9 Å². The molecule has 1 aliphatic heterocycles. The van der Waals surface area contributed by atoms with Gasteiger partial charge in [-0.3, -0.25) is 9.59 Å². The van der Waals surface area contributed by atoms with E-state index in [0.29, 0.717) is 24.2 Å². The zero-order chi connectivity index (χ0) is 20.1. The first kappa shape index (κ1) is 18.9. The van der Waals surface area contributed by atoms with Gasteiger partial charge in [0.15, 0.2) is 0 Å². The molecule has 1 heterocycles. The van der Waals surface area contributed by atoms with E-state index in [1.807, 2.05) is 0 Å². The average Bonchev–Trinajstić information content (AvgIpc) is 3.28. The van der Waals surface area contributed by atoms with E-state index < -0.39 is 17.9 Å². The zero-order valence-corrected chi connectivity index (χ0v) is 17.1. The van der Waals surface area contributed by atoms with Crippen molar-refractivity contribution in [2.45, 2.75) is 89.6 Å². The predicted octanol–water partition coefficient (Wildman–Crippen LogP) is 2.16. The van der Waals surface area contributed by atoms with Crippen molar-refractivity contribution < 1.29 is 24.2 Å². The van der Waals surface area contributed by atoms with E-state index in [-0.39, 0.29) is 34.6 Å². The van der Waals surface area contributed by atoms with Gasteiger partial charge in [0, 0.05) is 17.8 Å². The lowest BCUT2D eigenvalue weighted by molar-refractivity contribution is -0.164. The normalized spacial score (nSPS) is 56.6. The number of esters is 1. The van der Waals surface area contributed by atoms with Crippen molar-refractivity contribution in [1.82, 2.24) is 0 Å². The molecule has 1 spiro atoms. The van der Waals surface area contributed by atoms with Crippen molar-refractivity contribution in [2.75, 3.05) is 0 Å². The number of ether oxygens (including phenoxy) is 2. The van der Waals surface area contributed by atoms with Crippen molar-refractivity contribution in [2.24, 2.45) is 40.2 Å². The molecule has 4 saturated carbocycles. The largest absolute Gasteiger partial charge is 0.462 e. The number of carbonyl (C=O) groups excluding carboxylic acids is 2. The van der Waals surface area contributed by atoms with Crippen molar-refractivity contribution in [3.05, 3.63) is 0 Å². The molecular weight excluding hydrogens is 358 g/mol. The van der Waals surface area contributed by atoms with Crippen LogP contribution in [0, 0.1) is 34.5 Å². The van der Waals surface area contributed by atoms with E-state index in [2.05, 4.69) is 13.8 Å². The maximum absolute atomic E-state index is 12.0. The molecule has 4 aliphatic carbocycles. The van der Waals surface area contributed by atoms with Crippen LogP contribution < -0.4 is 5.73 Å². The lowest BCUT2D eigenvalue weighted by Crippen LogP contribution is -2.61. The molecule has 0 aromatic heterocycles. The van der Waals surface area contributed by atoms with Crippen molar-refractivity contribution in [3.63, 3.8) is 0 Å². The number of aliphatic hydroxyl groups excluding tert-OH is 1. The quantitative estimate of drug-likeness (QED) is 0.555. The summed E-state index contributed by atoms with van der Waals surface area (Å²) in [6.45, 7) is 6.11. The van der Waals surface area contributed by atoms with Crippen molar-refractivity contribution in [1.29, 1.82) is 0 Å². The number of fused-ring (bicyclic) bond motifs is 4. The van der Waals surface area contributed by atoms with Crippen LogP contribution in [0.1, 0.15) is 65.7 Å². The van der Waals surface area contributed by atoms with Gasteiger partial charge in [0.25, 0.3) is 0 Å². The molecule has 1 amide bonds. The Morgan fingerprint density at radius 3 is 2.54 bits per heavy atom. The minimum atomic E-state index is -0.768. The van der Waals surface area contributed by atoms with Crippen LogP contribution in [0.2, 0.25) is 0 Å². The summed E-state index contributed by atoms with van der Waals surface area (Å²) in [4.78, 5) is 23.7. The highest BCUT2D eigenvalue weighted by Crippen LogP contribution is 2.73. The fourth-order valence-electron chi connectivity index (χ4n) is 8.39. The third-order valence-electron chi connectivity index (χ3n) is 9.76. The molecule has 5 aliphatic rings. The summed E-state index contributed by atoms with van der Waals surface area (Å²) in [5.74, 6) is 0.467. The number of rotatable bonds is 2. The predicted molar refractivity (Wildman–Crippen MR) is 101 cm³/mol. The molecule has 3 N–H and O–H groups in total. The van der Waals surface area contributed by atoms with Crippen LogP contribution in [-0.4, -0.2) is 40.9 Å². The van der Waals surface area contributed by atoms with Gasteiger partial charge in [-0.05, 0) is 62.7 Å². The minimum Gasteiger partial charge on any atom is -0.462 e. The zero-order valence-electron chi connectivity index (χ0n) is 17.1. The van der Waals surface area contributed by atoms with E-state index in [1.165, 1.54) is 6.92 Å². The molecule has 6 heteroatoms. The second-order valence-corrected chi connectivity index (χ2v) is 10.7. The van der Waals surface area contributed by atoms with Gasteiger partial charge in [0.2, 0.25) is 5.91 Å². The minimum absolute atomic E-state index is 0.0242. The lowest BCUT2D eigenvalue weighted by Gasteiger charge is -2.60. The number of nitrogens with two attached hydrogens (primary N) is 1. The number of hydrogen-bond acceptors (Lipinski definition) is 5. The Kier molecular flexibility index (Phi) is 3.85. The van der Waals surface area contributed by atoms with Crippen LogP contribution in [0.3, 0.4) is 0 Å². The molecule has 1 unspecified atom stereocenters. The summed E-state index contributed by atoms with van der Waals surface area (Å²) in [7, 11) is 0. The van der Waals surface area contributed by atoms with Gasteiger partial charge in [0.05, 0.1) is 12.0 Å². The number of hydrogen-bond donors (Lipinski definition) is 2. The molecule has 0 aromatic rings. The third-order valence-corrected chi connectivity index (χ3v) is 9.76. The van der Waals surface area contributed by atoms with Crippen LogP contribution in [0.25, 0.3) is 0 Å². The molecule has 0 radical (unpaired) electrons. The molecule has 5 fully saturated rings. The fraction of sp³-hybridized carbons (Fsp3) is 0.909. The number of epoxide rings is 1. The highest BCUT2D eigenvalue weighted by molar-refractivity contribution is 5.78. The Hall–Kier alpha value is -1.14. The first-order chi connectivity index (χ1) is 13.1. The van der Waals surface area contributed by atoms with Crippen LogP contribution in [-0.2, 0) is 19.1 Å². The van der Waals surface area contributed by atoms with E-state index in [0.717, 1.165) is 38.5 Å². The van der Waals surface area contributed by atoms with Gasteiger partial charge in [-0.2, -0.15) is 0 Å². The summed E-state index contributed by atoms with van der Waals surface area (Å²) >= 11 is 0. The first-order valence-corrected chi connectivity index (χ1v) is 11.0. The van der Waals surface area contributed by atoms with Crippen LogP contribution in [0.4, 0.5) is 0 Å². The Morgan fingerprint density at radius 1 is 1.11 bits per heavy atom. The van der Waals surface area contributed by atoms with Gasteiger partial charge in [-0.15, -0.1) is 0 Å². The molecule has 6 nitrogen and oxygen atoms in total. The summed E-state index contributed by atoms with van der Waals surface area (Å²) < 4.78 is 11.9. The first-order valence-electron chi connectivity index (χ1n) is 11.0. The number of primary amides is 1.